The predicted molar refractivity (Wildman–Crippen MR) is 157 cm³/mol. The molecule has 36 heavy (non-hydrogen) atoms. The van der Waals surface area contributed by atoms with Gasteiger partial charge in [0.1, 0.15) is 0 Å². The standard InChI is InChI=1S/C31H43NO2Si2/c1-6-36(7-2,21-11-14-26-12-9-8-10-13-26)31(35(3,4)5,23-27-17-19-32-20-18-27)24-28-15-16-29-30(22-28)34-25-33-29/h8-10,12-13,15-20,22H,6-7,11,14,21,23-25H2,1-5H3. The lowest BCUT2D eigenvalue weighted by Crippen LogP contribution is -2.60. The van der Waals surface area contributed by atoms with Crippen molar-refractivity contribution in [1.82, 2.24) is 4.98 Å². The minimum Gasteiger partial charge on any atom is -0.454 e. The quantitative estimate of drug-likeness (QED) is 0.226. The fourth-order valence-electron chi connectivity index (χ4n) is 6.81. The summed E-state index contributed by atoms with van der Waals surface area (Å²) in [6.07, 6.45) is 8.68. The van der Waals surface area contributed by atoms with E-state index >= 15 is 0 Å². The number of rotatable bonds is 12. The van der Waals surface area contributed by atoms with Crippen LogP contribution in [0.2, 0.25) is 42.4 Å². The first-order valence-electron chi connectivity index (χ1n) is 13.6. The predicted octanol–water partition coefficient (Wildman–Crippen LogP) is 8.33. The highest BCUT2D eigenvalue weighted by Gasteiger charge is 2.56. The van der Waals surface area contributed by atoms with Crippen LogP contribution in [0.25, 0.3) is 0 Å². The van der Waals surface area contributed by atoms with Gasteiger partial charge in [-0.15, -0.1) is 0 Å². The highest BCUT2D eigenvalue weighted by molar-refractivity contribution is 7.00. The van der Waals surface area contributed by atoms with Gasteiger partial charge in [0, 0.05) is 20.5 Å². The van der Waals surface area contributed by atoms with Gasteiger partial charge in [-0.1, -0.05) is 94.4 Å². The molecule has 0 aliphatic carbocycles. The van der Waals surface area contributed by atoms with Gasteiger partial charge in [0.05, 0.1) is 8.07 Å². The molecule has 1 unspecified atom stereocenters. The number of nitrogens with zero attached hydrogens (tertiary/aromatic N) is 1. The summed E-state index contributed by atoms with van der Waals surface area (Å²) < 4.78 is 11.8. The second kappa shape index (κ2) is 11.3. The van der Waals surface area contributed by atoms with Gasteiger partial charge < -0.3 is 9.47 Å². The van der Waals surface area contributed by atoms with Crippen LogP contribution in [0.15, 0.2) is 73.1 Å². The fourth-order valence-corrected chi connectivity index (χ4v) is 21.1. The molecule has 2 heterocycles. The van der Waals surface area contributed by atoms with Gasteiger partial charge >= 0.3 is 0 Å². The van der Waals surface area contributed by atoms with Crippen molar-refractivity contribution in [3.8, 4) is 11.5 Å². The van der Waals surface area contributed by atoms with Crippen LogP contribution in [0, 0.1) is 0 Å². The zero-order valence-corrected chi connectivity index (χ0v) is 24.8. The Hall–Kier alpha value is -2.38. The maximum absolute atomic E-state index is 5.80. The van der Waals surface area contributed by atoms with Gasteiger partial charge in [-0.25, -0.2) is 0 Å². The van der Waals surface area contributed by atoms with Crippen LogP contribution in [0.5, 0.6) is 11.5 Å². The summed E-state index contributed by atoms with van der Waals surface area (Å²) >= 11 is 0. The first kappa shape index (κ1) is 26.7. The second-order valence-corrected chi connectivity index (χ2v) is 22.9. The van der Waals surface area contributed by atoms with Crippen LogP contribution in [0.3, 0.4) is 0 Å². The summed E-state index contributed by atoms with van der Waals surface area (Å²) in [6.45, 7) is 13.2. The van der Waals surface area contributed by atoms with Crippen LogP contribution in [-0.2, 0) is 19.3 Å². The van der Waals surface area contributed by atoms with Crippen molar-refractivity contribution >= 4 is 16.1 Å². The number of fused-ring (bicyclic) bond motifs is 1. The zero-order valence-electron chi connectivity index (χ0n) is 22.8. The zero-order chi connectivity index (χ0) is 25.7. The summed E-state index contributed by atoms with van der Waals surface area (Å²) in [5.74, 6) is 1.79. The highest BCUT2D eigenvalue weighted by atomic mass is 28.4. The first-order chi connectivity index (χ1) is 17.3. The molecule has 1 aliphatic rings. The molecule has 3 aromatic rings. The van der Waals surface area contributed by atoms with E-state index in [1.165, 1.54) is 47.7 Å². The number of pyridine rings is 1. The van der Waals surface area contributed by atoms with E-state index in [2.05, 4.69) is 99.1 Å². The average molecular weight is 518 g/mol. The van der Waals surface area contributed by atoms with Gasteiger partial charge in [-0.2, -0.15) is 0 Å². The summed E-state index contributed by atoms with van der Waals surface area (Å²) in [4.78, 5) is 4.34. The Morgan fingerprint density at radius 1 is 0.778 bits per heavy atom. The van der Waals surface area contributed by atoms with E-state index in [-0.39, 0.29) is 0 Å². The van der Waals surface area contributed by atoms with Gasteiger partial charge in [0.2, 0.25) is 6.79 Å². The monoisotopic (exact) mass is 517 g/mol. The Balaban J connectivity index is 1.76. The third kappa shape index (κ3) is 5.47. The summed E-state index contributed by atoms with van der Waals surface area (Å²) in [7, 11) is -3.40. The average Bonchev–Trinajstić information content (AvgIpc) is 3.35. The van der Waals surface area contributed by atoms with Gasteiger partial charge in [0.25, 0.3) is 0 Å². The fraction of sp³-hybridized carbons (Fsp3) is 0.452. The van der Waals surface area contributed by atoms with E-state index in [1.54, 1.807) is 0 Å². The van der Waals surface area contributed by atoms with Crippen molar-refractivity contribution in [3.63, 3.8) is 0 Å². The van der Waals surface area contributed by atoms with Crippen LogP contribution in [-0.4, -0.2) is 27.9 Å². The largest absolute Gasteiger partial charge is 0.454 e. The lowest BCUT2D eigenvalue weighted by Gasteiger charge is -2.57. The number of ether oxygens (including phenoxy) is 2. The SMILES string of the molecule is CC[Si](CC)(CCCc1ccccc1)C(Cc1ccncc1)(Cc1ccc2c(c1)OCO2)[Si](C)(C)C. The smallest absolute Gasteiger partial charge is 0.231 e. The van der Waals surface area contributed by atoms with Crippen molar-refractivity contribution in [1.29, 1.82) is 0 Å². The topological polar surface area (TPSA) is 31.4 Å². The molecule has 1 atom stereocenters. The molecule has 4 rings (SSSR count). The number of aromatic nitrogens is 1. The normalized spacial score (nSPS) is 15.0. The number of benzene rings is 2. The lowest BCUT2D eigenvalue weighted by molar-refractivity contribution is 0.174. The Morgan fingerprint density at radius 2 is 1.44 bits per heavy atom. The minimum atomic E-state index is -1.73. The number of hydrogen-bond acceptors (Lipinski definition) is 3. The molecule has 1 aliphatic heterocycles. The van der Waals surface area contributed by atoms with Crippen molar-refractivity contribution in [2.24, 2.45) is 0 Å². The second-order valence-electron chi connectivity index (χ2n) is 11.6. The van der Waals surface area contributed by atoms with Gasteiger partial charge in [0.15, 0.2) is 11.5 Å². The van der Waals surface area contributed by atoms with Crippen LogP contribution in [0.4, 0.5) is 0 Å². The Kier molecular flexibility index (Phi) is 8.41. The van der Waals surface area contributed by atoms with Crippen LogP contribution >= 0.6 is 0 Å². The number of aryl methyl sites for hydroxylation is 1. The molecular formula is C31H43NO2Si2. The van der Waals surface area contributed by atoms with E-state index in [9.17, 15) is 0 Å². The van der Waals surface area contributed by atoms with E-state index in [0.717, 1.165) is 24.3 Å². The maximum atomic E-state index is 5.80. The summed E-state index contributed by atoms with van der Waals surface area (Å²) in [5, 5.41) is 0. The number of hydrogen-bond donors (Lipinski definition) is 0. The first-order valence-corrected chi connectivity index (χ1v) is 19.8. The van der Waals surface area contributed by atoms with Gasteiger partial charge in [-0.05, 0) is 64.9 Å². The molecule has 5 heteroatoms. The van der Waals surface area contributed by atoms with Crippen molar-refractivity contribution in [2.75, 3.05) is 6.79 Å². The van der Waals surface area contributed by atoms with Crippen LogP contribution < -0.4 is 9.47 Å². The lowest BCUT2D eigenvalue weighted by atomic mass is 10.0. The molecule has 0 saturated carbocycles. The molecule has 1 aromatic heterocycles. The van der Waals surface area contributed by atoms with E-state index in [4.69, 9.17) is 9.47 Å². The molecule has 3 nitrogen and oxygen atoms in total. The molecule has 0 spiro atoms. The summed E-state index contributed by atoms with van der Waals surface area (Å²) in [5.41, 5.74) is 4.31. The third-order valence-electron chi connectivity index (χ3n) is 8.97. The highest BCUT2D eigenvalue weighted by Crippen LogP contribution is 2.57. The minimum absolute atomic E-state index is 0.315. The molecule has 0 amide bonds. The van der Waals surface area contributed by atoms with Gasteiger partial charge in [-0.3, -0.25) is 4.98 Å². The summed E-state index contributed by atoms with van der Waals surface area (Å²) in [6, 6.07) is 26.3. The molecule has 192 valence electrons. The van der Waals surface area contributed by atoms with Crippen molar-refractivity contribution < 1.29 is 9.47 Å². The van der Waals surface area contributed by atoms with Crippen molar-refractivity contribution in [2.45, 2.75) is 82.0 Å². The van der Waals surface area contributed by atoms with Crippen molar-refractivity contribution in [3.05, 3.63) is 89.7 Å². The Bertz CT molecular complexity index is 1110. The van der Waals surface area contributed by atoms with Crippen LogP contribution in [0.1, 0.15) is 37.0 Å². The molecule has 0 saturated heterocycles. The molecule has 2 aromatic carbocycles. The van der Waals surface area contributed by atoms with E-state index in [1.807, 2.05) is 12.4 Å². The Labute approximate surface area is 220 Å². The third-order valence-corrected chi connectivity index (χ3v) is 22.4. The molecule has 0 radical (unpaired) electrons. The Morgan fingerprint density at radius 3 is 2.11 bits per heavy atom. The van der Waals surface area contributed by atoms with E-state index in [0.29, 0.717) is 11.5 Å². The molecular weight excluding hydrogens is 475 g/mol. The maximum Gasteiger partial charge on any atom is 0.231 e. The molecule has 0 N–H and O–H groups in total. The molecule has 0 bridgehead atoms. The van der Waals surface area contributed by atoms with E-state index < -0.39 is 16.1 Å². The molecule has 0 fully saturated rings.